The molecule has 1 aromatic heterocycles. The van der Waals surface area contributed by atoms with Crippen molar-refractivity contribution >= 4 is 21.6 Å². The van der Waals surface area contributed by atoms with Crippen molar-refractivity contribution in [3.05, 3.63) is 12.0 Å². The van der Waals surface area contributed by atoms with Gasteiger partial charge >= 0.3 is 0 Å². The quantitative estimate of drug-likeness (QED) is 0.809. The molecule has 0 bridgehead atoms. The van der Waals surface area contributed by atoms with Crippen molar-refractivity contribution in [2.24, 2.45) is 0 Å². The summed E-state index contributed by atoms with van der Waals surface area (Å²) in [5, 5.41) is 0.172. The number of nitrogens with one attached hydrogen (secondary N) is 1. The van der Waals surface area contributed by atoms with Gasteiger partial charge in [0.25, 0.3) is 10.0 Å². The smallest absolute Gasteiger partial charge is 0.260 e. The third-order valence-electron chi connectivity index (χ3n) is 3.03. The molecule has 8 heteroatoms. The lowest BCUT2D eigenvalue weighted by Crippen LogP contribution is -2.49. The second-order valence-electron chi connectivity index (χ2n) is 4.27. The van der Waals surface area contributed by atoms with Crippen LogP contribution in [0.2, 0.25) is 0 Å². The van der Waals surface area contributed by atoms with Gasteiger partial charge in [0, 0.05) is 38.6 Å². The van der Waals surface area contributed by atoms with E-state index in [1.165, 1.54) is 10.5 Å². The number of aryl methyl sites for hydroxylation is 1. The van der Waals surface area contributed by atoms with Crippen LogP contribution in [0.5, 0.6) is 0 Å². The molecule has 1 saturated heterocycles. The fourth-order valence-corrected chi connectivity index (χ4v) is 3.61. The van der Waals surface area contributed by atoms with Crippen molar-refractivity contribution in [1.29, 1.82) is 0 Å². The van der Waals surface area contributed by atoms with Crippen LogP contribution in [0.1, 0.15) is 5.82 Å². The first kappa shape index (κ1) is 13.8. The number of aromatic amines is 1. The molecule has 2 heterocycles. The lowest BCUT2D eigenvalue weighted by Gasteiger charge is -2.33. The zero-order chi connectivity index (χ0) is 13.2. The number of nitrogens with zero attached hydrogens (tertiary/aromatic N) is 3. The van der Waals surface area contributed by atoms with Gasteiger partial charge in [0.05, 0.1) is 6.20 Å². The van der Waals surface area contributed by atoms with Crippen molar-refractivity contribution in [3.8, 4) is 0 Å². The van der Waals surface area contributed by atoms with E-state index in [-0.39, 0.29) is 5.03 Å². The Balaban J connectivity index is 2.05. The number of rotatable bonds is 4. The van der Waals surface area contributed by atoms with E-state index in [2.05, 4.69) is 14.9 Å². The summed E-state index contributed by atoms with van der Waals surface area (Å²) in [6.07, 6.45) is 1.37. The maximum absolute atomic E-state index is 12.3. The minimum Gasteiger partial charge on any atom is -0.332 e. The molecule has 1 fully saturated rings. The largest absolute Gasteiger partial charge is 0.332 e. The van der Waals surface area contributed by atoms with Gasteiger partial charge in [0.1, 0.15) is 5.82 Å². The molecule has 0 atom stereocenters. The Labute approximate surface area is 112 Å². The molecule has 0 aliphatic carbocycles. The van der Waals surface area contributed by atoms with Crippen molar-refractivity contribution < 1.29 is 8.42 Å². The van der Waals surface area contributed by atoms with E-state index in [1.807, 2.05) is 0 Å². The summed E-state index contributed by atoms with van der Waals surface area (Å²) < 4.78 is 26.0. The summed E-state index contributed by atoms with van der Waals surface area (Å²) in [4.78, 5) is 8.87. The van der Waals surface area contributed by atoms with E-state index in [0.717, 1.165) is 19.6 Å². The second kappa shape index (κ2) is 5.56. The number of H-pyrrole nitrogens is 1. The number of sulfonamides is 1. The van der Waals surface area contributed by atoms with E-state index in [0.29, 0.717) is 24.8 Å². The van der Waals surface area contributed by atoms with Gasteiger partial charge in [-0.2, -0.15) is 4.31 Å². The average molecular weight is 293 g/mol. The fourth-order valence-electron chi connectivity index (χ4n) is 1.98. The van der Waals surface area contributed by atoms with Crippen molar-refractivity contribution in [1.82, 2.24) is 19.2 Å². The van der Waals surface area contributed by atoms with Crippen LogP contribution in [0.3, 0.4) is 0 Å². The van der Waals surface area contributed by atoms with E-state index >= 15 is 0 Å². The topological polar surface area (TPSA) is 69.3 Å². The van der Waals surface area contributed by atoms with Crippen LogP contribution >= 0.6 is 11.6 Å². The zero-order valence-corrected chi connectivity index (χ0v) is 11.8. The summed E-state index contributed by atoms with van der Waals surface area (Å²) >= 11 is 5.67. The van der Waals surface area contributed by atoms with Gasteiger partial charge in [-0.3, -0.25) is 4.90 Å². The third-order valence-corrected chi connectivity index (χ3v) is 5.01. The van der Waals surface area contributed by atoms with E-state index in [4.69, 9.17) is 11.6 Å². The minimum atomic E-state index is -3.42. The van der Waals surface area contributed by atoms with Crippen molar-refractivity contribution in [2.75, 3.05) is 38.6 Å². The van der Waals surface area contributed by atoms with Gasteiger partial charge in [-0.25, -0.2) is 13.4 Å². The molecule has 6 nitrogen and oxygen atoms in total. The molecule has 1 N–H and O–H groups in total. The van der Waals surface area contributed by atoms with Crippen LogP contribution in [0, 0.1) is 6.92 Å². The van der Waals surface area contributed by atoms with Gasteiger partial charge < -0.3 is 4.98 Å². The van der Waals surface area contributed by atoms with Crippen LogP contribution in [0.15, 0.2) is 11.2 Å². The number of piperazine rings is 1. The highest BCUT2D eigenvalue weighted by atomic mass is 35.5. The molecule has 102 valence electrons. The van der Waals surface area contributed by atoms with Gasteiger partial charge in [-0.05, 0) is 6.92 Å². The highest BCUT2D eigenvalue weighted by Gasteiger charge is 2.29. The molecular formula is C10H17ClN4O2S. The normalized spacial score (nSPS) is 19.2. The van der Waals surface area contributed by atoms with Gasteiger partial charge in [0.2, 0.25) is 0 Å². The minimum absolute atomic E-state index is 0.172. The average Bonchev–Trinajstić information content (AvgIpc) is 2.78. The highest BCUT2D eigenvalue weighted by Crippen LogP contribution is 2.15. The first-order chi connectivity index (χ1) is 8.54. The summed E-state index contributed by atoms with van der Waals surface area (Å²) in [6.45, 7) is 4.97. The predicted molar refractivity (Wildman–Crippen MR) is 69.2 cm³/mol. The Kier molecular flexibility index (Phi) is 4.26. The van der Waals surface area contributed by atoms with Gasteiger partial charge in [0.15, 0.2) is 5.03 Å². The first-order valence-corrected chi connectivity index (χ1v) is 7.81. The zero-order valence-electron chi connectivity index (χ0n) is 10.3. The number of hydrogen-bond acceptors (Lipinski definition) is 4. The summed E-state index contributed by atoms with van der Waals surface area (Å²) in [5.41, 5.74) is 0. The number of hydrogen-bond donors (Lipinski definition) is 1. The summed E-state index contributed by atoms with van der Waals surface area (Å²) in [5.74, 6) is 1.18. The first-order valence-electron chi connectivity index (χ1n) is 5.84. The molecule has 0 radical (unpaired) electrons. The standard InChI is InChI=1S/C10H17ClN4O2S/c1-9-12-8-10(13-9)18(16,17)15-6-4-14(3-2-11)5-7-15/h8H,2-7H2,1H3,(H,12,13). The van der Waals surface area contributed by atoms with Crippen molar-refractivity contribution in [2.45, 2.75) is 11.9 Å². The lowest BCUT2D eigenvalue weighted by atomic mass is 10.4. The number of aromatic nitrogens is 2. The fraction of sp³-hybridized carbons (Fsp3) is 0.700. The Bertz CT molecular complexity index is 494. The predicted octanol–water partition coefficient (Wildman–Crippen LogP) is 0.263. The Morgan fingerprint density at radius 3 is 2.56 bits per heavy atom. The molecule has 1 aliphatic heterocycles. The molecular weight excluding hydrogens is 276 g/mol. The Morgan fingerprint density at radius 2 is 2.06 bits per heavy atom. The number of halogens is 1. The monoisotopic (exact) mass is 292 g/mol. The van der Waals surface area contributed by atoms with Crippen molar-refractivity contribution in [3.63, 3.8) is 0 Å². The SMILES string of the molecule is Cc1ncc(S(=O)(=O)N2CCN(CCCl)CC2)[nH]1. The van der Waals surface area contributed by atoms with Crippen LogP contribution in [-0.4, -0.2) is 66.2 Å². The van der Waals surface area contributed by atoms with E-state index in [9.17, 15) is 8.42 Å². The van der Waals surface area contributed by atoms with Crippen LogP contribution in [-0.2, 0) is 10.0 Å². The highest BCUT2D eigenvalue weighted by molar-refractivity contribution is 7.89. The maximum atomic E-state index is 12.3. The van der Waals surface area contributed by atoms with Gasteiger partial charge in [-0.1, -0.05) is 0 Å². The van der Waals surface area contributed by atoms with Crippen LogP contribution in [0.25, 0.3) is 0 Å². The molecule has 1 aliphatic rings. The second-order valence-corrected chi connectivity index (χ2v) is 6.55. The van der Waals surface area contributed by atoms with E-state index in [1.54, 1.807) is 6.92 Å². The Hall–Kier alpha value is -0.630. The molecule has 0 amide bonds. The molecule has 0 unspecified atom stereocenters. The summed E-state index contributed by atoms with van der Waals surface area (Å²) in [6, 6.07) is 0. The summed E-state index contributed by atoms with van der Waals surface area (Å²) in [7, 11) is -3.42. The molecule has 2 rings (SSSR count). The Morgan fingerprint density at radius 1 is 1.39 bits per heavy atom. The molecule has 1 aromatic rings. The molecule has 0 saturated carbocycles. The van der Waals surface area contributed by atoms with Crippen LogP contribution in [0.4, 0.5) is 0 Å². The molecule has 18 heavy (non-hydrogen) atoms. The third kappa shape index (κ3) is 2.85. The lowest BCUT2D eigenvalue weighted by molar-refractivity contribution is 0.197. The molecule has 0 spiro atoms. The van der Waals surface area contributed by atoms with E-state index < -0.39 is 10.0 Å². The number of imidazole rings is 1. The molecule has 0 aromatic carbocycles. The maximum Gasteiger partial charge on any atom is 0.260 e. The number of alkyl halides is 1. The van der Waals surface area contributed by atoms with Crippen LogP contribution < -0.4 is 0 Å². The van der Waals surface area contributed by atoms with Gasteiger partial charge in [-0.15, -0.1) is 11.6 Å².